The van der Waals surface area contributed by atoms with Gasteiger partial charge in [-0.1, -0.05) is 12.1 Å². The molecule has 0 saturated carbocycles. The molecule has 2 rings (SSSR count). The molecule has 0 radical (unpaired) electrons. The summed E-state index contributed by atoms with van der Waals surface area (Å²) in [5, 5.41) is 14.2. The van der Waals surface area contributed by atoms with Crippen LogP contribution in [0.2, 0.25) is 0 Å². The van der Waals surface area contributed by atoms with Crippen molar-refractivity contribution < 1.29 is 9.72 Å². The number of likely N-dealkylation sites (N-methyl/N-ethyl adjacent to an activating group) is 1. The highest BCUT2D eigenvalue weighted by molar-refractivity contribution is 5.83. The van der Waals surface area contributed by atoms with Crippen molar-refractivity contribution in [3.05, 3.63) is 39.4 Å². The Bertz CT molecular complexity index is 544. The van der Waals surface area contributed by atoms with Gasteiger partial charge in [0.2, 0.25) is 5.91 Å². The lowest BCUT2D eigenvalue weighted by Crippen LogP contribution is -2.38. The summed E-state index contributed by atoms with van der Waals surface area (Å²) in [5.74, 6) is 0.0819. The van der Waals surface area contributed by atoms with E-state index in [9.17, 15) is 14.9 Å². The van der Waals surface area contributed by atoms with Crippen molar-refractivity contribution in [3.8, 4) is 0 Å². The Morgan fingerprint density at radius 3 is 2.75 bits per heavy atom. The number of carbonyl (C=O) groups is 1. The molecule has 1 N–H and O–H groups in total. The van der Waals surface area contributed by atoms with Crippen LogP contribution in [0.4, 0.5) is 5.69 Å². The highest BCUT2D eigenvalue weighted by Gasteiger charge is 2.30. The third-order valence-electron chi connectivity index (χ3n) is 3.81. The minimum Gasteiger partial charge on any atom is -0.344 e. The molecule has 1 saturated heterocycles. The molecule has 1 aromatic rings. The Morgan fingerprint density at radius 2 is 2.20 bits per heavy atom. The second kappa shape index (κ2) is 5.58. The van der Waals surface area contributed by atoms with Gasteiger partial charge in [0.25, 0.3) is 5.69 Å². The van der Waals surface area contributed by atoms with Crippen LogP contribution >= 0.6 is 0 Å². The number of nitro groups is 1. The molecule has 6 nitrogen and oxygen atoms in total. The fourth-order valence-corrected chi connectivity index (χ4v) is 2.47. The summed E-state index contributed by atoms with van der Waals surface area (Å²) in [6.07, 6.45) is 0.771. The lowest BCUT2D eigenvalue weighted by molar-refractivity contribution is -0.385. The maximum atomic E-state index is 11.9. The zero-order chi connectivity index (χ0) is 14.9. The van der Waals surface area contributed by atoms with Crippen molar-refractivity contribution in [2.75, 3.05) is 13.6 Å². The second-order valence-electron chi connectivity index (χ2n) is 5.29. The molecule has 108 valence electrons. The molecule has 1 aromatic carbocycles. The molecule has 1 fully saturated rings. The normalized spacial score (nSPS) is 20.2. The number of nitrogens with zero attached hydrogens (tertiary/aromatic N) is 2. The number of benzene rings is 1. The van der Waals surface area contributed by atoms with Gasteiger partial charge in [-0.05, 0) is 25.8 Å². The Morgan fingerprint density at radius 1 is 1.50 bits per heavy atom. The second-order valence-corrected chi connectivity index (χ2v) is 5.29. The van der Waals surface area contributed by atoms with Crippen molar-refractivity contribution in [2.24, 2.45) is 0 Å². The van der Waals surface area contributed by atoms with Crippen molar-refractivity contribution in [2.45, 2.75) is 32.4 Å². The Labute approximate surface area is 117 Å². The predicted molar refractivity (Wildman–Crippen MR) is 75.4 cm³/mol. The number of aryl methyl sites for hydroxylation is 1. The SMILES string of the molecule is Cc1ccc(C(C)NC2CCN(C)C2=O)cc1[N+](=O)[O-]. The van der Waals surface area contributed by atoms with Crippen LogP contribution in [0.25, 0.3) is 0 Å². The number of hydrogen-bond donors (Lipinski definition) is 1. The van der Waals surface area contributed by atoms with Crippen molar-refractivity contribution in [1.82, 2.24) is 10.2 Å². The molecular formula is C14H19N3O3. The predicted octanol–water partition coefficient (Wildman–Crippen LogP) is 1.78. The van der Waals surface area contributed by atoms with Crippen molar-refractivity contribution >= 4 is 11.6 Å². The zero-order valence-corrected chi connectivity index (χ0v) is 11.9. The van der Waals surface area contributed by atoms with Crippen molar-refractivity contribution in [3.63, 3.8) is 0 Å². The van der Waals surface area contributed by atoms with Crippen molar-refractivity contribution in [1.29, 1.82) is 0 Å². The summed E-state index contributed by atoms with van der Waals surface area (Å²) in [4.78, 5) is 24.1. The molecule has 0 bridgehead atoms. The first kappa shape index (κ1) is 14.5. The van der Waals surface area contributed by atoms with E-state index in [0.717, 1.165) is 18.5 Å². The number of amides is 1. The molecule has 0 aromatic heterocycles. The van der Waals surface area contributed by atoms with Gasteiger partial charge in [0.1, 0.15) is 0 Å². The van der Waals surface area contributed by atoms with E-state index in [1.807, 2.05) is 13.0 Å². The van der Waals surface area contributed by atoms with Gasteiger partial charge in [0.05, 0.1) is 11.0 Å². The average Bonchev–Trinajstić information content (AvgIpc) is 2.71. The molecule has 1 heterocycles. The van der Waals surface area contributed by atoms with E-state index in [0.29, 0.717) is 5.56 Å². The van der Waals surface area contributed by atoms with Gasteiger partial charge >= 0.3 is 0 Å². The van der Waals surface area contributed by atoms with E-state index in [1.165, 1.54) is 0 Å². The van der Waals surface area contributed by atoms with Gasteiger partial charge < -0.3 is 4.90 Å². The monoisotopic (exact) mass is 277 g/mol. The van der Waals surface area contributed by atoms with Crippen LogP contribution in [-0.4, -0.2) is 35.4 Å². The zero-order valence-electron chi connectivity index (χ0n) is 11.9. The number of nitrogens with one attached hydrogen (secondary N) is 1. The maximum absolute atomic E-state index is 11.9. The van der Waals surface area contributed by atoms with Crippen LogP contribution in [-0.2, 0) is 4.79 Å². The third-order valence-corrected chi connectivity index (χ3v) is 3.81. The molecule has 20 heavy (non-hydrogen) atoms. The van der Waals surface area contributed by atoms with E-state index in [4.69, 9.17) is 0 Å². The average molecular weight is 277 g/mol. The number of rotatable bonds is 4. The Balaban J connectivity index is 2.13. The molecule has 6 heteroatoms. The van der Waals surface area contributed by atoms with Crippen LogP contribution < -0.4 is 5.32 Å². The molecule has 1 aliphatic heterocycles. The number of carbonyl (C=O) groups excluding carboxylic acids is 1. The summed E-state index contributed by atoms with van der Waals surface area (Å²) in [6.45, 7) is 4.38. The first-order chi connectivity index (χ1) is 9.40. The molecule has 2 unspecified atom stereocenters. The van der Waals surface area contributed by atoms with Crippen LogP contribution in [0.1, 0.15) is 30.5 Å². The summed E-state index contributed by atoms with van der Waals surface area (Å²) < 4.78 is 0. The summed E-state index contributed by atoms with van der Waals surface area (Å²) in [7, 11) is 1.78. The van der Waals surface area contributed by atoms with Gasteiger partial charge in [-0.15, -0.1) is 0 Å². The van der Waals surface area contributed by atoms with Crippen LogP contribution in [0, 0.1) is 17.0 Å². The van der Waals surface area contributed by atoms with Gasteiger partial charge in [0, 0.05) is 31.3 Å². The number of nitro benzene ring substituents is 1. The fourth-order valence-electron chi connectivity index (χ4n) is 2.47. The lowest BCUT2D eigenvalue weighted by Gasteiger charge is -2.19. The standard InChI is InChI=1S/C14H19N3O3/c1-9-4-5-11(8-13(9)17(19)20)10(2)15-12-6-7-16(3)14(12)18/h4-5,8,10,12,15H,6-7H2,1-3H3. The number of likely N-dealkylation sites (tertiary alicyclic amines) is 1. The summed E-state index contributed by atoms with van der Waals surface area (Å²) in [6, 6.07) is 4.89. The largest absolute Gasteiger partial charge is 0.344 e. The summed E-state index contributed by atoms with van der Waals surface area (Å²) in [5.41, 5.74) is 1.58. The van der Waals surface area contributed by atoms with Gasteiger partial charge in [-0.2, -0.15) is 0 Å². The third kappa shape index (κ3) is 2.80. The Hall–Kier alpha value is -1.95. The quantitative estimate of drug-likeness (QED) is 0.672. The topological polar surface area (TPSA) is 75.5 Å². The molecule has 1 aliphatic rings. The molecule has 0 aliphatic carbocycles. The van der Waals surface area contributed by atoms with Crippen LogP contribution in [0.15, 0.2) is 18.2 Å². The van der Waals surface area contributed by atoms with E-state index in [1.54, 1.807) is 31.0 Å². The highest BCUT2D eigenvalue weighted by atomic mass is 16.6. The lowest BCUT2D eigenvalue weighted by atomic mass is 10.0. The molecule has 1 amide bonds. The number of hydrogen-bond acceptors (Lipinski definition) is 4. The first-order valence-corrected chi connectivity index (χ1v) is 6.66. The van der Waals surface area contributed by atoms with Crippen LogP contribution in [0.3, 0.4) is 0 Å². The van der Waals surface area contributed by atoms with Gasteiger partial charge in [-0.25, -0.2) is 0 Å². The first-order valence-electron chi connectivity index (χ1n) is 6.66. The highest BCUT2D eigenvalue weighted by Crippen LogP contribution is 2.24. The smallest absolute Gasteiger partial charge is 0.272 e. The minimum atomic E-state index is -0.375. The van der Waals surface area contributed by atoms with E-state index >= 15 is 0 Å². The van der Waals surface area contributed by atoms with Gasteiger partial charge in [0.15, 0.2) is 0 Å². The maximum Gasteiger partial charge on any atom is 0.272 e. The minimum absolute atomic E-state index is 0.0819. The fraction of sp³-hybridized carbons (Fsp3) is 0.500. The Kier molecular flexibility index (Phi) is 4.04. The van der Waals surface area contributed by atoms with E-state index < -0.39 is 0 Å². The summed E-state index contributed by atoms with van der Waals surface area (Å²) >= 11 is 0. The van der Waals surface area contributed by atoms with E-state index in [-0.39, 0.29) is 28.6 Å². The molecule has 2 atom stereocenters. The van der Waals surface area contributed by atoms with Gasteiger partial charge in [-0.3, -0.25) is 20.2 Å². The molecular weight excluding hydrogens is 258 g/mol. The molecule has 0 spiro atoms. The van der Waals surface area contributed by atoms with Crippen LogP contribution in [0.5, 0.6) is 0 Å². The van der Waals surface area contributed by atoms with E-state index in [2.05, 4.69) is 5.32 Å².